The summed E-state index contributed by atoms with van der Waals surface area (Å²) in [6.45, 7) is 2.08. The summed E-state index contributed by atoms with van der Waals surface area (Å²) in [5, 5.41) is 20.8. The molecule has 1 fully saturated rings. The van der Waals surface area contributed by atoms with Crippen LogP contribution in [0.4, 0.5) is 0 Å². The molecule has 1 saturated carbocycles. The molecule has 0 aromatic heterocycles. The van der Waals surface area contributed by atoms with Gasteiger partial charge >= 0.3 is 0 Å². The molecule has 0 saturated heterocycles. The number of nitrogens with zero attached hydrogens (tertiary/aromatic N) is 1. The van der Waals surface area contributed by atoms with E-state index in [-0.39, 0.29) is 18.6 Å². The molecule has 0 bridgehead atoms. The zero-order valence-corrected chi connectivity index (χ0v) is 7.45. The van der Waals surface area contributed by atoms with E-state index in [1.54, 1.807) is 0 Å². The first-order chi connectivity index (χ1) is 5.77. The van der Waals surface area contributed by atoms with Crippen LogP contribution in [0.25, 0.3) is 0 Å². The number of aliphatic hydroxyl groups excluding tert-OH is 1. The molecule has 1 aliphatic carbocycles. The molecule has 2 unspecified atom stereocenters. The van der Waals surface area contributed by atoms with Crippen molar-refractivity contribution < 1.29 is 5.11 Å². The van der Waals surface area contributed by atoms with Crippen LogP contribution < -0.4 is 5.32 Å². The third-order valence-corrected chi connectivity index (χ3v) is 2.45. The Hall–Kier alpha value is -0.590. The lowest BCUT2D eigenvalue weighted by Gasteiger charge is -2.19. The summed E-state index contributed by atoms with van der Waals surface area (Å²) in [6.07, 6.45) is 3.21. The Labute approximate surface area is 73.4 Å². The fraction of sp³-hybridized carbons (Fsp3) is 0.889. The highest BCUT2D eigenvalue weighted by atomic mass is 16.3. The van der Waals surface area contributed by atoms with E-state index in [9.17, 15) is 0 Å². The minimum Gasteiger partial charge on any atom is -0.395 e. The number of rotatable bonds is 3. The van der Waals surface area contributed by atoms with Crippen molar-refractivity contribution in [2.24, 2.45) is 5.92 Å². The summed E-state index contributed by atoms with van der Waals surface area (Å²) in [5.41, 5.74) is 0. The van der Waals surface area contributed by atoms with Crippen LogP contribution in [0.15, 0.2) is 0 Å². The quantitative estimate of drug-likeness (QED) is 0.650. The summed E-state index contributed by atoms with van der Waals surface area (Å²) < 4.78 is 0. The van der Waals surface area contributed by atoms with E-state index in [4.69, 9.17) is 10.4 Å². The van der Waals surface area contributed by atoms with Gasteiger partial charge in [-0.3, -0.25) is 0 Å². The molecule has 3 atom stereocenters. The third kappa shape index (κ3) is 2.20. The van der Waals surface area contributed by atoms with Crippen LogP contribution in [0.2, 0.25) is 0 Å². The van der Waals surface area contributed by atoms with Crippen molar-refractivity contribution in [3.8, 4) is 6.07 Å². The first kappa shape index (κ1) is 9.50. The number of nitrogens with one attached hydrogen (secondary N) is 1. The number of nitriles is 1. The van der Waals surface area contributed by atoms with Crippen molar-refractivity contribution in [3.05, 3.63) is 0 Å². The Bertz CT molecular complexity index is 176. The Morgan fingerprint density at radius 2 is 2.42 bits per heavy atom. The second-order valence-electron chi connectivity index (χ2n) is 3.52. The van der Waals surface area contributed by atoms with Gasteiger partial charge in [0.05, 0.1) is 18.6 Å². The van der Waals surface area contributed by atoms with Crippen molar-refractivity contribution in [3.63, 3.8) is 0 Å². The maximum atomic E-state index is 8.81. The number of hydrogen-bond acceptors (Lipinski definition) is 3. The van der Waals surface area contributed by atoms with E-state index in [2.05, 4.69) is 11.4 Å². The van der Waals surface area contributed by atoms with E-state index >= 15 is 0 Å². The summed E-state index contributed by atoms with van der Waals surface area (Å²) in [6, 6.07) is 2.72. The SMILES string of the molecule is C[C@@H](CO)NC1CCCC1C#N. The minimum absolute atomic E-state index is 0.115. The summed E-state index contributed by atoms with van der Waals surface area (Å²) >= 11 is 0. The molecule has 0 radical (unpaired) electrons. The van der Waals surface area contributed by atoms with E-state index in [1.807, 2.05) is 6.92 Å². The second kappa shape index (κ2) is 4.44. The molecule has 0 aromatic carbocycles. The second-order valence-corrected chi connectivity index (χ2v) is 3.52. The van der Waals surface area contributed by atoms with Gasteiger partial charge in [0.2, 0.25) is 0 Å². The van der Waals surface area contributed by atoms with Gasteiger partial charge in [0, 0.05) is 12.1 Å². The summed E-state index contributed by atoms with van der Waals surface area (Å²) in [4.78, 5) is 0. The number of aliphatic hydroxyl groups is 1. The Morgan fingerprint density at radius 3 is 3.00 bits per heavy atom. The molecular weight excluding hydrogens is 152 g/mol. The molecule has 68 valence electrons. The molecule has 0 amide bonds. The Balaban J connectivity index is 2.36. The predicted octanol–water partition coefficient (Wildman–Crippen LogP) is 0.649. The van der Waals surface area contributed by atoms with E-state index in [1.165, 1.54) is 0 Å². The molecule has 1 aliphatic rings. The van der Waals surface area contributed by atoms with Crippen molar-refractivity contribution in [2.45, 2.75) is 38.3 Å². The van der Waals surface area contributed by atoms with Gasteiger partial charge in [-0.2, -0.15) is 5.26 Å². The van der Waals surface area contributed by atoms with Crippen molar-refractivity contribution in [2.75, 3.05) is 6.61 Å². The molecule has 0 aliphatic heterocycles. The minimum atomic E-state index is 0.115. The zero-order valence-electron chi connectivity index (χ0n) is 7.45. The van der Waals surface area contributed by atoms with Crippen molar-refractivity contribution in [1.29, 1.82) is 5.26 Å². The highest BCUT2D eigenvalue weighted by Crippen LogP contribution is 2.24. The smallest absolute Gasteiger partial charge is 0.0672 e. The normalized spacial score (nSPS) is 31.4. The Morgan fingerprint density at radius 1 is 1.67 bits per heavy atom. The molecular formula is C9H16N2O. The lowest BCUT2D eigenvalue weighted by Crippen LogP contribution is -2.40. The van der Waals surface area contributed by atoms with Gasteiger partial charge in [0.25, 0.3) is 0 Å². The van der Waals surface area contributed by atoms with Crippen molar-refractivity contribution >= 4 is 0 Å². The molecule has 0 aromatic rings. The van der Waals surface area contributed by atoms with Crippen LogP contribution in [-0.4, -0.2) is 23.8 Å². The molecule has 3 heteroatoms. The largest absolute Gasteiger partial charge is 0.395 e. The lowest BCUT2D eigenvalue weighted by atomic mass is 10.1. The molecule has 3 nitrogen and oxygen atoms in total. The van der Waals surface area contributed by atoms with Gasteiger partial charge < -0.3 is 10.4 Å². The zero-order chi connectivity index (χ0) is 8.97. The first-order valence-electron chi connectivity index (χ1n) is 4.54. The highest BCUT2D eigenvalue weighted by molar-refractivity contribution is 4.97. The van der Waals surface area contributed by atoms with E-state index in [0.717, 1.165) is 19.3 Å². The molecule has 1 rings (SSSR count). The maximum Gasteiger partial charge on any atom is 0.0672 e. The standard InChI is InChI=1S/C9H16N2O/c1-7(6-12)11-9-4-2-3-8(9)5-10/h7-9,11-12H,2-4,6H2,1H3/t7-,8?,9?/m0/s1. The van der Waals surface area contributed by atoms with Gasteiger partial charge in [0.15, 0.2) is 0 Å². The van der Waals surface area contributed by atoms with Gasteiger partial charge in [-0.25, -0.2) is 0 Å². The van der Waals surface area contributed by atoms with Gasteiger partial charge in [0.1, 0.15) is 0 Å². The summed E-state index contributed by atoms with van der Waals surface area (Å²) in [5.74, 6) is 0.152. The number of hydrogen-bond donors (Lipinski definition) is 2. The van der Waals surface area contributed by atoms with Gasteiger partial charge in [-0.1, -0.05) is 6.42 Å². The average molecular weight is 168 g/mol. The van der Waals surface area contributed by atoms with E-state index < -0.39 is 0 Å². The highest BCUT2D eigenvalue weighted by Gasteiger charge is 2.27. The summed E-state index contributed by atoms with van der Waals surface area (Å²) in [7, 11) is 0. The molecule has 12 heavy (non-hydrogen) atoms. The van der Waals surface area contributed by atoms with Crippen molar-refractivity contribution in [1.82, 2.24) is 5.32 Å². The van der Waals surface area contributed by atoms with Crippen LogP contribution in [0.1, 0.15) is 26.2 Å². The monoisotopic (exact) mass is 168 g/mol. The van der Waals surface area contributed by atoms with E-state index in [0.29, 0.717) is 6.04 Å². The van der Waals surface area contributed by atoms with Gasteiger partial charge in [-0.15, -0.1) is 0 Å². The first-order valence-corrected chi connectivity index (χ1v) is 4.54. The molecule has 0 spiro atoms. The fourth-order valence-corrected chi connectivity index (χ4v) is 1.73. The van der Waals surface area contributed by atoms with Crippen LogP contribution in [-0.2, 0) is 0 Å². The Kier molecular flexibility index (Phi) is 3.51. The fourth-order valence-electron chi connectivity index (χ4n) is 1.73. The van der Waals surface area contributed by atoms with Crippen LogP contribution in [0.3, 0.4) is 0 Å². The molecule has 0 heterocycles. The van der Waals surface area contributed by atoms with Crippen LogP contribution in [0.5, 0.6) is 0 Å². The lowest BCUT2D eigenvalue weighted by molar-refractivity contribution is 0.236. The van der Waals surface area contributed by atoms with Gasteiger partial charge in [-0.05, 0) is 19.8 Å². The third-order valence-electron chi connectivity index (χ3n) is 2.45. The van der Waals surface area contributed by atoms with Crippen LogP contribution >= 0.6 is 0 Å². The van der Waals surface area contributed by atoms with Crippen LogP contribution in [0, 0.1) is 17.2 Å². The predicted molar refractivity (Wildman–Crippen MR) is 46.4 cm³/mol. The maximum absolute atomic E-state index is 8.81. The average Bonchev–Trinajstić information content (AvgIpc) is 2.51. The molecule has 2 N–H and O–H groups in total. The topological polar surface area (TPSA) is 56.0 Å².